The number of hydrogen-bond donors (Lipinski definition) is 0. The number of aromatic nitrogens is 1. The first-order valence-electron chi connectivity index (χ1n) is 4.17. The summed E-state index contributed by atoms with van der Waals surface area (Å²) in [5.41, 5.74) is 1.24. The van der Waals surface area contributed by atoms with E-state index in [-0.39, 0.29) is 0 Å². The van der Waals surface area contributed by atoms with Gasteiger partial charge in [0.2, 0.25) is 0 Å². The molecule has 0 fully saturated rings. The van der Waals surface area contributed by atoms with Crippen LogP contribution in [0.15, 0.2) is 5.38 Å². The van der Waals surface area contributed by atoms with Gasteiger partial charge in [-0.05, 0) is 18.6 Å². The number of hydrogen-bond acceptors (Lipinski definition) is 3. The molecule has 0 aliphatic rings. The van der Waals surface area contributed by atoms with Crippen LogP contribution in [-0.2, 0) is 5.75 Å². The molecule has 0 atom stereocenters. The highest BCUT2D eigenvalue weighted by molar-refractivity contribution is 7.98. The van der Waals surface area contributed by atoms with Gasteiger partial charge in [-0.25, -0.2) is 4.98 Å². The average molecular weight is 201 g/mol. The molecule has 1 heterocycles. The second kappa shape index (κ2) is 4.87. The third-order valence-electron chi connectivity index (χ3n) is 1.37. The Morgan fingerprint density at radius 3 is 2.83 bits per heavy atom. The van der Waals surface area contributed by atoms with Gasteiger partial charge in [0.25, 0.3) is 0 Å². The van der Waals surface area contributed by atoms with Crippen LogP contribution in [0.5, 0.6) is 0 Å². The third-order valence-corrected chi connectivity index (χ3v) is 3.59. The summed E-state index contributed by atoms with van der Waals surface area (Å²) in [5, 5.41) is 3.33. The molecule has 3 heteroatoms. The van der Waals surface area contributed by atoms with Gasteiger partial charge in [-0.2, -0.15) is 11.8 Å². The number of nitrogens with zero attached hydrogens (tertiary/aromatic N) is 1. The van der Waals surface area contributed by atoms with Crippen LogP contribution in [0.3, 0.4) is 0 Å². The van der Waals surface area contributed by atoms with Crippen molar-refractivity contribution in [3.05, 3.63) is 16.1 Å². The van der Waals surface area contributed by atoms with Crippen molar-refractivity contribution in [3.63, 3.8) is 0 Å². The summed E-state index contributed by atoms with van der Waals surface area (Å²) in [4.78, 5) is 4.41. The second-order valence-corrected chi connectivity index (χ2v) is 5.36. The summed E-state index contributed by atoms with van der Waals surface area (Å²) in [6.45, 7) is 6.56. The van der Waals surface area contributed by atoms with Crippen molar-refractivity contribution < 1.29 is 0 Å². The normalized spacial score (nSPS) is 11.0. The van der Waals surface area contributed by atoms with Crippen LogP contribution in [0.2, 0.25) is 0 Å². The SMILES string of the molecule is Cc1nc(CSCC(C)C)cs1. The molecular formula is C9H15NS2. The summed E-state index contributed by atoms with van der Waals surface area (Å²) in [7, 11) is 0. The number of aryl methyl sites for hydroxylation is 1. The molecule has 0 N–H and O–H groups in total. The van der Waals surface area contributed by atoms with E-state index in [4.69, 9.17) is 0 Å². The van der Waals surface area contributed by atoms with Crippen LogP contribution < -0.4 is 0 Å². The maximum Gasteiger partial charge on any atom is 0.0897 e. The first kappa shape index (κ1) is 10.1. The van der Waals surface area contributed by atoms with E-state index >= 15 is 0 Å². The number of rotatable bonds is 4. The minimum atomic E-state index is 0.787. The van der Waals surface area contributed by atoms with E-state index in [9.17, 15) is 0 Å². The topological polar surface area (TPSA) is 12.9 Å². The highest BCUT2D eigenvalue weighted by Crippen LogP contribution is 2.16. The summed E-state index contributed by atoms with van der Waals surface area (Å²) >= 11 is 3.71. The largest absolute Gasteiger partial charge is 0.246 e. The zero-order chi connectivity index (χ0) is 8.97. The van der Waals surface area contributed by atoms with Crippen LogP contribution in [0.1, 0.15) is 24.5 Å². The molecule has 0 aliphatic heterocycles. The minimum absolute atomic E-state index is 0.787. The monoisotopic (exact) mass is 201 g/mol. The van der Waals surface area contributed by atoms with Crippen molar-refractivity contribution in [1.29, 1.82) is 0 Å². The summed E-state index contributed by atoms with van der Waals surface area (Å²) in [6, 6.07) is 0. The first-order valence-corrected chi connectivity index (χ1v) is 6.20. The maximum atomic E-state index is 4.41. The molecule has 0 aliphatic carbocycles. The Balaban J connectivity index is 2.24. The highest BCUT2D eigenvalue weighted by Gasteiger charge is 1.99. The fraction of sp³-hybridized carbons (Fsp3) is 0.667. The molecule has 0 amide bonds. The van der Waals surface area contributed by atoms with E-state index < -0.39 is 0 Å². The number of thioether (sulfide) groups is 1. The second-order valence-electron chi connectivity index (χ2n) is 3.27. The van der Waals surface area contributed by atoms with Crippen LogP contribution in [0, 0.1) is 12.8 Å². The Labute approximate surface area is 82.6 Å². The van der Waals surface area contributed by atoms with Gasteiger partial charge in [0, 0.05) is 11.1 Å². The van der Waals surface area contributed by atoms with E-state index in [0.29, 0.717) is 0 Å². The zero-order valence-corrected chi connectivity index (χ0v) is 9.47. The maximum absolute atomic E-state index is 4.41. The fourth-order valence-electron chi connectivity index (χ4n) is 0.874. The predicted octanol–water partition coefficient (Wildman–Crippen LogP) is 3.34. The molecule has 0 saturated carbocycles. The van der Waals surface area contributed by atoms with Crippen molar-refractivity contribution in [1.82, 2.24) is 4.98 Å². The molecule has 1 aromatic heterocycles. The number of thiazole rings is 1. The lowest BCUT2D eigenvalue weighted by Crippen LogP contribution is -1.91. The minimum Gasteiger partial charge on any atom is -0.246 e. The molecule has 1 rings (SSSR count). The molecule has 1 aromatic rings. The first-order chi connectivity index (χ1) is 5.68. The summed E-state index contributed by atoms with van der Waals surface area (Å²) in [5.74, 6) is 3.09. The molecule has 0 unspecified atom stereocenters. The smallest absolute Gasteiger partial charge is 0.0897 e. The van der Waals surface area contributed by atoms with E-state index in [1.54, 1.807) is 11.3 Å². The Bertz CT molecular complexity index is 230. The van der Waals surface area contributed by atoms with Gasteiger partial charge in [-0.3, -0.25) is 0 Å². The van der Waals surface area contributed by atoms with Gasteiger partial charge in [-0.1, -0.05) is 13.8 Å². The lowest BCUT2D eigenvalue weighted by Gasteiger charge is -2.01. The van der Waals surface area contributed by atoms with Crippen LogP contribution in [0.25, 0.3) is 0 Å². The van der Waals surface area contributed by atoms with E-state index in [1.807, 2.05) is 11.8 Å². The Morgan fingerprint density at radius 2 is 2.33 bits per heavy atom. The van der Waals surface area contributed by atoms with Crippen molar-refractivity contribution in [2.24, 2.45) is 5.92 Å². The lowest BCUT2D eigenvalue weighted by molar-refractivity contribution is 0.750. The Hall–Kier alpha value is -0.0200. The van der Waals surface area contributed by atoms with Gasteiger partial charge in [0.15, 0.2) is 0 Å². The van der Waals surface area contributed by atoms with Gasteiger partial charge in [0.1, 0.15) is 0 Å². The van der Waals surface area contributed by atoms with E-state index in [0.717, 1.165) is 11.7 Å². The van der Waals surface area contributed by atoms with Gasteiger partial charge in [0.05, 0.1) is 10.7 Å². The summed E-state index contributed by atoms with van der Waals surface area (Å²) in [6.07, 6.45) is 0. The molecule has 0 aromatic carbocycles. The molecule has 0 radical (unpaired) electrons. The highest BCUT2D eigenvalue weighted by atomic mass is 32.2. The van der Waals surface area contributed by atoms with Gasteiger partial charge >= 0.3 is 0 Å². The van der Waals surface area contributed by atoms with Gasteiger partial charge in [-0.15, -0.1) is 11.3 Å². The predicted molar refractivity (Wildman–Crippen MR) is 57.9 cm³/mol. The average Bonchev–Trinajstić information content (AvgIpc) is 2.35. The van der Waals surface area contributed by atoms with Crippen molar-refractivity contribution in [3.8, 4) is 0 Å². The summed E-state index contributed by atoms with van der Waals surface area (Å²) < 4.78 is 0. The van der Waals surface area contributed by atoms with Gasteiger partial charge < -0.3 is 0 Å². The fourth-order valence-corrected chi connectivity index (χ4v) is 2.54. The Kier molecular flexibility index (Phi) is 4.09. The molecule has 12 heavy (non-hydrogen) atoms. The van der Waals surface area contributed by atoms with Crippen molar-refractivity contribution in [2.75, 3.05) is 5.75 Å². The third kappa shape index (κ3) is 3.59. The van der Waals surface area contributed by atoms with Crippen molar-refractivity contribution in [2.45, 2.75) is 26.5 Å². The molecule has 0 spiro atoms. The molecule has 0 bridgehead atoms. The van der Waals surface area contributed by atoms with Crippen LogP contribution in [-0.4, -0.2) is 10.7 Å². The molecular weight excluding hydrogens is 186 g/mol. The lowest BCUT2D eigenvalue weighted by atomic mass is 10.3. The molecule has 68 valence electrons. The van der Waals surface area contributed by atoms with Crippen LogP contribution >= 0.6 is 23.1 Å². The van der Waals surface area contributed by atoms with E-state index in [1.165, 1.54) is 16.5 Å². The van der Waals surface area contributed by atoms with Crippen LogP contribution in [0.4, 0.5) is 0 Å². The standard InChI is InChI=1S/C9H15NS2/c1-7(2)4-11-5-9-6-12-8(3)10-9/h6-7H,4-5H2,1-3H3. The zero-order valence-electron chi connectivity index (χ0n) is 7.83. The quantitative estimate of drug-likeness (QED) is 0.741. The molecule has 1 nitrogen and oxygen atoms in total. The van der Waals surface area contributed by atoms with E-state index in [2.05, 4.69) is 31.1 Å². The Morgan fingerprint density at radius 1 is 1.58 bits per heavy atom. The van der Waals surface area contributed by atoms with Crippen molar-refractivity contribution >= 4 is 23.1 Å². The molecule has 0 saturated heterocycles.